The standard InChI is InChI=1S/C10H14.Mg.2H/c1-3-4-10-7-5-9(2)6-8-10;;;/h5-8H,3-4H2,1-2H3;;;/q;+2;2*-1. The topological polar surface area (TPSA) is 0 Å². The van der Waals surface area contributed by atoms with E-state index in [-0.39, 0.29) is 25.9 Å². The molecule has 1 rings (SSSR count). The van der Waals surface area contributed by atoms with Crippen molar-refractivity contribution in [2.24, 2.45) is 0 Å². The zero-order valence-electron chi connectivity index (χ0n) is 9.43. The van der Waals surface area contributed by atoms with Gasteiger partial charge >= 0.3 is 23.1 Å². The summed E-state index contributed by atoms with van der Waals surface area (Å²) in [4.78, 5) is 0. The molecule has 1 aromatic rings. The van der Waals surface area contributed by atoms with Crippen LogP contribution in [0.3, 0.4) is 0 Å². The van der Waals surface area contributed by atoms with Gasteiger partial charge in [-0.1, -0.05) is 43.2 Å². The van der Waals surface area contributed by atoms with Gasteiger partial charge in [-0.15, -0.1) is 0 Å². The molecule has 11 heavy (non-hydrogen) atoms. The Bertz CT molecular complexity index is 197. The number of hydrogen-bond acceptors (Lipinski definition) is 0. The summed E-state index contributed by atoms with van der Waals surface area (Å²) in [6.07, 6.45) is 2.45. The molecule has 0 bridgehead atoms. The summed E-state index contributed by atoms with van der Waals surface area (Å²) in [7, 11) is 0. The van der Waals surface area contributed by atoms with E-state index in [1.165, 1.54) is 24.0 Å². The Balaban J connectivity index is -0.000000333. The van der Waals surface area contributed by atoms with E-state index in [2.05, 4.69) is 38.1 Å². The molecule has 0 unspecified atom stereocenters. The van der Waals surface area contributed by atoms with Crippen LogP contribution in [0, 0.1) is 6.92 Å². The fourth-order valence-corrected chi connectivity index (χ4v) is 1.04. The molecule has 0 spiro atoms. The van der Waals surface area contributed by atoms with Crippen molar-refractivity contribution in [1.29, 1.82) is 0 Å². The molecule has 1 aromatic carbocycles. The molecule has 0 amide bonds. The van der Waals surface area contributed by atoms with E-state index in [4.69, 9.17) is 0 Å². The summed E-state index contributed by atoms with van der Waals surface area (Å²) >= 11 is 0. The first-order valence-electron chi connectivity index (χ1n) is 3.88. The van der Waals surface area contributed by atoms with Crippen LogP contribution in [0.15, 0.2) is 24.3 Å². The Morgan fingerprint density at radius 3 is 2.18 bits per heavy atom. The van der Waals surface area contributed by atoms with Gasteiger partial charge in [-0.2, -0.15) is 0 Å². The van der Waals surface area contributed by atoms with E-state index in [1.54, 1.807) is 0 Å². The number of rotatable bonds is 2. The van der Waals surface area contributed by atoms with Crippen molar-refractivity contribution in [3.63, 3.8) is 0 Å². The number of aryl methyl sites for hydroxylation is 2. The zero-order valence-corrected chi connectivity index (χ0v) is 8.84. The molecule has 0 heterocycles. The quantitative estimate of drug-likeness (QED) is 0.584. The van der Waals surface area contributed by atoms with Crippen molar-refractivity contribution >= 4 is 23.1 Å². The molecule has 0 aromatic heterocycles. The van der Waals surface area contributed by atoms with E-state index < -0.39 is 0 Å². The molecule has 0 saturated heterocycles. The van der Waals surface area contributed by atoms with Gasteiger partial charge < -0.3 is 2.85 Å². The fourth-order valence-electron chi connectivity index (χ4n) is 1.04. The third kappa shape index (κ3) is 3.78. The van der Waals surface area contributed by atoms with E-state index in [0.29, 0.717) is 0 Å². The van der Waals surface area contributed by atoms with Crippen molar-refractivity contribution in [3.8, 4) is 0 Å². The first kappa shape index (κ1) is 11.0. The van der Waals surface area contributed by atoms with Gasteiger partial charge in [-0.25, -0.2) is 0 Å². The number of benzene rings is 1. The first-order chi connectivity index (χ1) is 4.83. The summed E-state index contributed by atoms with van der Waals surface area (Å²) in [5.41, 5.74) is 2.80. The SMILES string of the molecule is CCCc1ccc(C)cc1.[H-].[H-].[Mg+2]. The normalized spacial score (nSPS) is 8.91. The van der Waals surface area contributed by atoms with Crippen LogP contribution in [-0.2, 0) is 6.42 Å². The van der Waals surface area contributed by atoms with Crippen LogP contribution < -0.4 is 0 Å². The Morgan fingerprint density at radius 2 is 1.73 bits per heavy atom. The van der Waals surface area contributed by atoms with Crippen molar-refractivity contribution < 1.29 is 2.85 Å². The van der Waals surface area contributed by atoms with Crippen LogP contribution in [0.25, 0.3) is 0 Å². The first-order valence-corrected chi connectivity index (χ1v) is 3.88. The van der Waals surface area contributed by atoms with Gasteiger partial charge in [-0.3, -0.25) is 0 Å². The fraction of sp³-hybridized carbons (Fsp3) is 0.400. The largest absolute Gasteiger partial charge is 2.00 e. The Kier molecular flexibility index (Phi) is 5.61. The molecule has 0 fully saturated rings. The average molecular weight is 161 g/mol. The van der Waals surface area contributed by atoms with Gasteiger partial charge in [0.25, 0.3) is 0 Å². The predicted octanol–water partition coefficient (Wildman–Crippen LogP) is 2.79. The second kappa shape index (κ2) is 5.61. The Morgan fingerprint density at radius 1 is 1.18 bits per heavy atom. The minimum Gasteiger partial charge on any atom is -1.00 e. The summed E-state index contributed by atoms with van der Waals surface area (Å²) < 4.78 is 0. The monoisotopic (exact) mass is 160 g/mol. The summed E-state index contributed by atoms with van der Waals surface area (Å²) in [6, 6.07) is 8.76. The smallest absolute Gasteiger partial charge is 1.00 e. The van der Waals surface area contributed by atoms with Crippen LogP contribution in [-0.4, -0.2) is 23.1 Å². The molecule has 0 radical (unpaired) electrons. The minimum atomic E-state index is 0. The van der Waals surface area contributed by atoms with Crippen LogP contribution in [0.4, 0.5) is 0 Å². The Hall–Kier alpha value is -0.0138. The molecular formula is C10H16Mg. The predicted molar refractivity (Wildman–Crippen MR) is 53.2 cm³/mol. The molecule has 0 aliphatic carbocycles. The molecular weight excluding hydrogens is 144 g/mol. The molecule has 1 heteroatoms. The maximum Gasteiger partial charge on any atom is 2.00 e. The van der Waals surface area contributed by atoms with Crippen LogP contribution in [0.1, 0.15) is 27.3 Å². The summed E-state index contributed by atoms with van der Waals surface area (Å²) in [5, 5.41) is 0. The summed E-state index contributed by atoms with van der Waals surface area (Å²) in [5.74, 6) is 0. The summed E-state index contributed by atoms with van der Waals surface area (Å²) in [6.45, 7) is 4.33. The van der Waals surface area contributed by atoms with Gasteiger partial charge in [0.1, 0.15) is 0 Å². The van der Waals surface area contributed by atoms with Crippen LogP contribution in [0.5, 0.6) is 0 Å². The molecule has 0 atom stereocenters. The molecule has 0 aliphatic heterocycles. The van der Waals surface area contributed by atoms with E-state index >= 15 is 0 Å². The molecule has 0 aliphatic rings. The van der Waals surface area contributed by atoms with Crippen molar-refractivity contribution in [3.05, 3.63) is 35.4 Å². The third-order valence-electron chi connectivity index (χ3n) is 1.66. The van der Waals surface area contributed by atoms with Crippen molar-refractivity contribution in [1.82, 2.24) is 0 Å². The second-order valence-corrected chi connectivity index (χ2v) is 2.74. The maximum absolute atomic E-state index is 2.21. The molecule has 0 N–H and O–H groups in total. The van der Waals surface area contributed by atoms with Crippen LogP contribution in [0.2, 0.25) is 0 Å². The second-order valence-electron chi connectivity index (χ2n) is 2.74. The maximum atomic E-state index is 2.21. The van der Waals surface area contributed by atoms with Gasteiger partial charge in [0, 0.05) is 0 Å². The van der Waals surface area contributed by atoms with Crippen molar-refractivity contribution in [2.45, 2.75) is 26.7 Å². The van der Waals surface area contributed by atoms with Crippen LogP contribution >= 0.6 is 0 Å². The zero-order chi connectivity index (χ0) is 7.40. The Labute approximate surface area is 88.1 Å². The van der Waals surface area contributed by atoms with Gasteiger partial charge in [-0.05, 0) is 18.9 Å². The van der Waals surface area contributed by atoms with Crippen molar-refractivity contribution in [2.75, 3.05) is 0 Å². The minimum absolute atomic E-state index is 0. The van der Waals surface area contributed by atoms with E-state index in [9.17, 15) is 0 Å². The average Bonchev–Trinajstić information content (AvgIpc) is 1.95. The molecule has 0 nitrogen and oxygen atoms in total. The molecule has 58 valence electrons. The van der Waals surface area contributed by atoms with E-state index in [1.807, 2.05) is 0 Å². The van der Waals surface area contributed by atoms with E-state index in [0.717, 1.165) is 0 Å². The third-order valence-corrected chi connectivity index (χ3v) is 1.66. The molecule has 0 saturated carbocycles. The number of hydrogen-bond donors (Lipinski definition) is 0. The van der Waals surface area contributed by atoms with Gasteiger partial charge in [0.2, 0.25) is 0 Å². The van der Waals surface area contributed by atoms with Gasteiger partial charge in [0.05, 0.1) is 0 Å². The van der Waals surface area contributed by atoms with Gasteiger partial charge in [0.15, 0.2) is 0 Å².